The van der Waals surface area contributed by atoms with Crippen LogP contribution in [0.5, 0.6) is 5.75 Å². The highest BCUT2D eigenvalue weighted by molar-refractivity contribution is 8.02. The van der Waals surface area contributed by atoms with Gasteiger partial charge < -0.3 is 9.05 Å². The topological polar surface area (TPSA) is 89.9 Å². The first kappa shape index (κ1) is 27.0. The lowest BCUT2D eigenvalue weighted by atomic mass is 10.1. The van der Waals surface area contributed by atoms with Gasteiger partial charge in [0.15, 0.2) is 12.0 Å². The molecule has 1 atom stereocenters. The van der Waals surface area contributed by atoms with Crippen LogP contribution in [-0.4, -0.2) is 76.1 Å². The van der Waals surface area contributed by atoms with Gasteiger partial charge in [-0.2, -0.15) is 13.9 Å². The summed E-state index contributed by atoms with van der Waals surface area (Å²) in [5.74, 6) is 0.711. The normalized spacial score (nSPS) is 13.2. The summed E-state index contributed by atoms with van der Waals surface area (Å²) in [6.45, 7) is 0.484. The fourth-order valence-corrected chi connectivity index (χ4v) is 5.36. The lowest BCUT2D eigenvalue weighted by molar-refractivity contribution is 0.204. The summed E-state index contributed by atoms with van der Waals surface area (Å²) in [6, 6.07) is 7.63. The van der Waals surface area contributed by atoms with Crippen LogP contribution in [0.2, 0.25) is 0 Å². The third kappa shape index (κ3) is 9.30. The van der Waals surface area contributed by atoms with Crippen LogP contribution in [0.25, 0.3) is 0 Å². The third-order valence-corrected chi connectivity index (χ3v) is 10.0. The Balaban J connectivity index is 2.83. The molecule has 9 nitrogen and oxygen atoms in total. The molecule has 0 aromatic heterocycles. The van der Waals surface area contributed by atoms with Gasteiger partial charge in [0.2, 0.25) is 11.8 Å². The SMILES string of the molecule is COP(=O)(CN(CCc1ccc(O[P+](=S)N(C)C)cc1)C[P+](O)(OC)OC)OC. The van der Waals surface area contributed by atoms with E-state index in [1.165, 1.54) is 28.4 Å². The zero-order valence-corrected chi connectivity index (χ0v) is 21.2. The fourth-order valence-electron chi connectivity index (χ4n) is 2.24. The predicted octanol–water partition coefficient (Wildman–Crippen LogP) is 3.69. The van der Waals surface area contributed by atoms with Crippen molar-refractivity contribution in [2.24, 2.45) is 0 Å². The maximum Gasteiger partial charge on any atom is 0.491 e. The first-order chi connectivity index (χ1) is 13.6. The van der Waals surface area contributed by atoms with E-state index in [1.807, 2.05) is 43.0 Å². The van der Waals surface area contributed by atoms with Gasteiger partial charge >= 0.3 is 22.6 Å². The number of nitrogens with zero attached hydrogens (tertiary/aromatic N) is 2. The highest BCUT2D eigenvalue weighted by Gasteiger charge is 2.42. The average Bonchev–Trinajstić information content (AvgIpc) is 2.72. The van der Waals surface area contributed by atoms with Gasteiger partial charge in [-0.15, -0.1) is 0 Å². The molecule has 0 radical (unpaired) electrons. The van der Waals surface area contributed by atoms with Crippen LogP contribution in [0.3, 0.4) is 0 Å². The molecule has 166 valence electrons. The minimum atomic E-state index is -3.31. The lowest BCUT2D eigenvalue weighted by Crippen LogP contribution is -2.31. The van der Waals surface area contributed by atoms with E-state index < -0.39 is 22.6 Å². The Morgan fingerprint density at radius 2 is 1.66 bits per heavy atom. The van der Waals surface area contributed by atoms with E-state index in [0.717, 1.165) is 5.56 Å². The van der Waals surface area contributed by atoms with E-state index in [2.05, 4.69) is 0 Å². The Kier molecular flexibility index (Phi) is 11.8. The van der Waals surface area contributed by atoms with Gasteiger partial charge in [-0.1, -0.05) is 16.8 Å². The van der Waals surface area contributed by atoms with Crippen molar-refractivity contribution in [1.82, 2.24) is 9.57 Å². The molecule has 0 bridgehead atoms. The Labute approximate surface area is 179 Å². The highest BCUT2D eigenvalue weighted by atomic mass is 32.4. The molecule has 0 heterocycles. The molecule has 0 spiro atoms. The molecule has 1 N–H and O–H groups in total. The van der Waals surface area contributed by atoms with Crippen LogP contribution in [0.1, 0.15) is 5.56 Å². The largest absolute Gasteiger partial charge is 0.491 e. The molecular formula is C16H31N2O7P3S+2. The molecule has 0 fully saturated rings. The van der Waals surface area contributed by atoms with Gasteiger partial charge in [0.25, 0.3) is 0 Å². The third-order valence-electron chi connectivity index (χ3n) is 4.03. The van der Waals surface area contributed by atoms with Gasteiger partial charge in [0.1, 0.15) is 6.29 Å². The summed E-state index contributed by atoms with van der Waals surface area (Å²) >= 11 is 5.28. The minimum absolute atomic E-state index is 0.000691. The van der Waals surface area contributed by atoms with E-state index in [4.69, 9.17) is 34.4 Å². The van der Waals surface area contributed by atoms with Gasteiger partial charge in [-0.05, 0) is 24.1 Å². The smallest absolute Gasteiger partial charge is 0.311 e. The number of hydrogen-bond donors (Lipinski definition) is 1. The first-order valence-electron chi connectivity index (χ1n) is 8.67. The van der Waals surface area contributed by atoms with Crippen molar-refractivity contribution in [2.45, 2.75) is 6.42 Å². The number of benzene rings is 1. The Morgan fingerprint density at radius 3 is 2.10 bits per heavy atom. The average molecular weight is 488 g/mol. The first-order valence-corrected chi connectivity index (χ1v) is 14.4. The second kappa shape index (κ2) is 12.7. The van der Waals surface area contributed by atoms with E-state index in [0.29, 0.717) is 18.7 Å². The molecular weight excluding hydrogens is 457 g/mol. The quantitative estimate of drug-likeness (QED) is 0.391. The molecule has 1 aromatic carbocycles. The molecule has 0 saturated heterocycles. The zero-order valence-electron chi connectivity index (χ0n) is 17.7. The summed E-state index contributed by atoms with van der Waals surface area (Å²) in [6.07, 6.45) is 0.706. The molecule has 0 aliphatic carbocycles. The fraction of sp³-hybridized carbons (Fsp3) is 0.625. The standard InChI is InChI=1S/C16H31N2O7P3S/c1-17(2)26(29)25-16-9-7-15(8-10-16)11-12-18(13-27(19,21-3)22-4)14-28(20,23-5)24-6/h7-10,19H,11-14H2,1-6H3/q+2. The molecule has 29 heavy (non-hydrogen) atoms. The molecule has 0 aliphatic heterocycles. The maximum absolute atomic E-state index is 12.6. The van der Waals surface area contributed by atoms with Crippen LogP contribution in [-0.2, 0) is 40.9 Å². The molecule has 13 heteroatoms. The van der Waals surface area contributed by atoms with Crippen LogP contribution in [0.15, 0.2) is 24.3 Å². The van der Waals surface area contributed by atoms with E-state index >= 15 is 0 Å². The number of hydrogen-bond acceptors (Lipinski definition) is 9. The van der Waals surface area contributed by atoms with Crippen molar-refractivity contribution in [3.63, 3.8) is 0 Å². The molecule has 0 saturated carbocycles. The van der Waals surface area contributed by atoms with E-state index in [9.17, 15) is 9.46 Å². The summed E-state index contributed by atoms with van der Waals surface area (Å²) in [5.41, 5.74) is 1.04. The lowest BCUT2D eigenvalue weighted by Gasteiger charge is -2.26. The van der Waals surface area contributed by atoms with Crippen molar-refractivity contribution in [1.29, 1.82) is 0 Å². The molecule has 1 aromatic rings. The monoisotopic (exact) mass is 488 g/mol. The molecule has 0 amide bonds. The van der Waals surface area contributed by atoms with Crippen LogP contribution in [0.4, 0.5) is 0 Å². The Hall–Kier alpha value is -0.0800. The molecule has 0 aliphatic rings. The molecule has 1 rings (SSSR count). The maximum atomic E-state index is 12.6. The summed E-state index contributed by atoms with van der Waals surface area (Å²) in [7, 11) is 1.69. The Morgan fingerprint density at radius 1 is 1.10 bits per heavy atom. The number of rotatable bonds is 14. The van der Waals surface area contributed by atoms with Crippen molar-refractivity contribution in [3.8, 4) is 5.75 Å². The highest BCUT2D eigenvalue weighted by Crippen LogP contribution is 2.57. The van der Waals surface area contributed by atoms with Crippen molar-refractivity contribution >= 4 is 34.4 Å². The van der Waals surface area contributed by atoms with E-state index in [-0.39, 0.29) is 12.6 Å². The van der Waals surface area contributed by atoms with Crippen molar-refractivity contribution < 1.29 is 32.1 Å². The van der Waals surface area contributed by atoms with Crippen LogP contribution >= 0.6 is 22.6 Å². The van der Waals surface area contributed by atoms with Gasteiger partial charge in [0.05, 0.1) is 14.2 Å². The summed E-state index contributed by atoms with van der Waals surface area (Å²) < 4.78 is 40.5. The predicted molar refractivity (Wildman–Crippen MR) is 120 cm³/mol. The van der Waals surface area contributed by atoms with Gasteiger partial charge in [-0.3, -0.25) is 14.0 Å². The van der Waals surface area contributed by atoms with Crippen LogP contribution in [0, 0.1) is 0 Å². The Bertz CT molecular complexity index is 682. The van der Waals surface area contributed by atoms with Crippen molar-refractivity contribution in [3.05, 3.63) is 29.8 Å². The second-order valence-electron chi connectivity index (χ2n) is 6.23. The zero-order chi connectivity index (χ0) is 22.1. The summed E-state index contributed by atoms with van der Waals surface area (Å²) in [5, 5.41) is 0. The van der Waals surface area contributed by atoms with Gasteiger partial charge in [-0.25, -0.2) is 0 Å². The minimum Gasteiger partial charge on any atom is -0.311 e. The second-order valence-corrected chi connectivity index (χ2v) is 13.1. The molecule has 1 unspecified atom stereocenters. The van der Waals surface area contributed by atoms with Crippen molar-refractivity contribution in [2.75, 3.05) is 61.7 Å². The van der Waals surface area contributed by atoms with E-state index in [1.54, 1.807) is 4.90 Å². The van der Waals surface area contributed by atoms with Crippen LogP contribution < -0.4 is 4.52 Å². The summed E-state index contributed by atoms with van der Waals surface area (Å²) in [4.78, 5) is 12.2. The van der Waals surface area contributed by atoms with Gasteiger partial charge in [0, 0.05) is 34.9 Å².